The lowest BCUT2D eigenvalue weighted by molar-refractivity contribution is -0.148. The highest BCUT2D eigenvalue weighted by Gasteiger charge is 2.48. The number of hydrogen-bond acceptors (Lipinski definition) is 4. The van der Waals surface area contributed by atoms with Gasteiger partial charge in [0.1, 0.15) is 5.82 Å². The zero-order valence-corrected chi connectivity index (χ0v) is 20.1. The quantitative estimate of drug-likeness (QED) is 0.777. The van der Waals surface area contributed by atoms with Crippen molar-refractivity contribution in [3.63, 3.8) is 0 Å². The van der Waals surface area contributed by atoms with Gasteiger partial charge in [0.05, 0.1) is 23.7 Å². The second-order valence-electron chi connectivity index (χ2n) is 10.6. The number of carbonyl (C=O) groups excluding carboxylic acids is 2. The van der Waals surface area contributed by atoms with Gasteiger partial charge in [-0.3, -0.25) is 9.59 Å². The van der Waals surface area contributed by atoms with Gasteiger partial charge in [-0.2, -0.15) is 0 Å². The summed E-state index contributed by atoms with van der Waals surface area (Å²) in [6.45, 7) is 8.49. The van der Waals surface area contributed by atoms with E-state index in [4.69, 9.17) is 4.98 Å². The number of rotatable bonds is 4. The van der Waals surface area contributed by atoms with E-state index in [0.717, 1.165) is 36.3 Å². The molecule has 2 aliphatic heterocycles. The van der Waals surface area contributed by atoms with Crippen molar-refractivity contribution in [3.05, 3.63) is 47.0 Å². The number of aryl methyl sites for hydroxylation is 2. The van der Waals surface area contributed by atoms with Crippen molar-refractivity contribution >= 4 is 17.5 Å². The van der Waals surface area contributed by atoms with Crippen molar-refractivity contribution < 1.29 is 14.7 Å². The van der Waals surface area contributed by atoms with Crippen LogP contribution in [0.1, 0.15) is 68.9 Å². The molecule has 176 valence electrons. The number of para-hydroxylation sites is 1. The number of likely N-dealkylation sites (tertiary alicyclic amines) is 1. The Hall–Kier alpha value is -2.67. The molecule has 1 saturated heterocycles. The van der Waals surface area contributed by atoms with Gasteiger partial charge in [0, 0.05) is 24.5 Å². The Kier molecular flexibility index (Phi) is 5.16. The maximum absolute atomic E-state index is 13.4. The first-order chi connectivity index (χ1) is 15.6. The molecule has 5 rings (SSSR count). The minimum atomic E-state index is -1.67. The van der Waals surface area contributed by atoms with Crippen LogP contribution >= 0.6 is 0 Å². The van der Waals surface area contributed by atoms with Crippen LogP contribution in [0.5, 0.6) is 0 Å². The molecule has 1 aliphatic carbocycles. The van der Waals surface area contributed by atoms with Crippen molar-refractivity contribution in [1.29, 1.82) is 0 Å². The van der Waals surface area contributed by atoms with E-state index in [0.29, 0.717) is 13.1 Å². The molecule has 1 fully saturated rings. The summed E-state index contributed by atoms with van der Waals surface area (Å²) in [4.78, 5) is 34.7. The molecule has 0 spiro atoms. The number of imidazole rings is 1. The van der Waals surface area contributed by atoms with Gasteiger partial charge in [0.25, 0.3) is 5.91 Å². The summed E-state index contributed by atoms with van der Waals surface area (Å²) in [6.07, 6.45) is 5.31. The Morgan fingerprint density at radius 1 is 1.24 bits per heavy atom. The van der Waals surface area contributed by atoms with Gasteiger partial charge in [-0.1, -0.05) is 18.2 Å². The maximum atomic E-state index is 13.4. The first-order valence-electron chi connectivity index (χ1n) is 12.1. The lowest BCUT2D eigenvalue weighted by atomic mass is 9.86. The van der Waals surface area contributed by atoms with Crippen LogP contribution in [-0.4, -0.2) is 56.6 Å². The number of hydrogen-bond donors (Lipinski definition) is 1. The minimum absolute atomic E-state index is 0.0498. The third-order valence-electron chi connectivity index (χ3n) is 7.74. The van der Waals surface area contributed by atoms with E-state index >= 15 is 0 Å². The number of fused-ring (bicyclic) bond motifs is 2. The first kappa shape index (κ1) is 22.1. The Bertz CT molecular complexity index is 1120. The van der Waals surface area contributed by atoms with Gasteiger partial charge in [0.2, 0.25) is 5.91 Å². The smallest absolute Gasteiger partial charge is 0.256 e. The molecule has 3 aliphatic rings. The summed E-state index contributed by atoms with van der Waals surface area (Å²) in [5.74, 6) is 0.623. The molecule has 1 aromatic heterocycles. The molecule has 3 heterocycles. The Morgan fingerprint density at radius 2 is 1.97 bits per heavy atom. The molecule has 0 bridgehead atoms. The van der Waals surface area contributed by atoms with Crippen LogP contribution < -0.4 is 4.90 Å². The third kappa shape index (κ3) is 3.48. The molecule has 2 atom stereocenters. The van der Waals surface area contributed by atoms with Crippen LogP contribution in [0.2, 0.25) is 0 Å². The van der Waals surface area contributed by atoms with Gasteiger partial charge < -0.3 is 19.5 Å². The van der Waals surface area contributed by atoms with E-state index < -0.39 is 11.0 Å². The highest BCUT2D eigenvalue weighted by Crippen LogP contribution is 2.42. The Labute approximate surface area is 195 Å². The topological polar surface area (TPSA) is 78.7 Å². The highest BCUT2D eigenvalue weighted by atomic mass is 16.3. The van der Waals surface area contributed by atoms with E-state index in [1.807, 2.05) is 38.1 Å². The fourth-order valence-corrected chi connectivity index (χ4v) is 5.99. The molecule has 7 nitrogen and oxygen atoms in total. The standard InChI is InChI=1S/C26H34N4O3/c1-17-27-20-10-6-8-12-22(20)30(17)18-13-14-28(15-18)24(32)26(4,33)16-29-21-11-7-5-9-19(21)25(2,3)23(29)31/h5,7,9,11,18,33H,6,8,10,12-16H2,1-4H3. The molecule has 2 unspecified atom stereocenters. The maximum Gasteiger partial charge on any atom is 0.256 e. The molecule has 0 radical (unpaired) electrons. The largest absolute Gasteiger partial charge is 0.378 e. The summed E-state index contributed by atoms with van der Waals surface area (Å²) in [5.41, 5.74) is 1.91. The summed E-state index contributed by atoms with van der Waals surface area (Å²) >= 11 is 0. The zero-order valence-electron chi connectivity index (χ0n) is 20.1. The number of nitrogens with zero attached hydrogens (tertiary/aromatic N) is 4. The van der Waals surface area contributed by atoms with Crippen molar-refractivity contribution in [2.24, 2.45) is 0 Å². The SMILES string of the molecule is Cc1nc2c(n1C1CCN(C(=O)C(C)(O)CN3C(=O)C(C)(C)c4ccccc43)C1)CCCC2. The lowest BCUT2D eigenvalue weighted by Gasteiger charge is -2.32. The molecule has 33 heavy (non-hydrogen) atoms. The number of benzene rings is 1. The lowest BCUT2D eigenvalue weighted by Crippen LogP contribution is -2.54. The predicted octanol–water partition coefficient (Wildman–Crippen LogP) is 2.92. The molecule has 1 N–H and O–H groups in total. The fraction of sp³-hybridized carbons (Fsp3) is 0.577. The molecule has 0 saturated carbocycles. The second kappa shape index (κ2) is 7.69. The normalized spacial score (nSPS) is 23.4. The molecule has 7 heteroatoms. The van der Waals surface area contributed by atoms with Gasteiger partial charge in [-0.15, -0.1) is 0 Å². The van der Waals surface area contributed by atoms with Crippen molar-refractivity contribution in [3.8, 4) is 0 Å². The number of aromatic nitrogens is 2. The van der Waals surface area contributed by atoms with E-state index in [2.05, 4.69) is 11.5 Å². The van der Waals surface area contributed by atoms with Gasteiger partial charge in [-0.25, -0.2) is 4.98 Å². The summed E-state index contributed by atoms with van der Waals surface area (Å²) in [5, 5.41) is 11.3. The van der Waals surface area contributed by atoms with Gasteiger partial charge in [0.15, 0.2) is 5.60 Å². The number of aliphatic hydroxyl groups is 1. The van der Waals surface area contributed by atoms with Crippen LogP contribution in [0.3, 0.4) is 0 Å². The van der Waals surface area contributed by atoms with Crippen LogP contribution in [0.25, 0.3) is 0 Å². The van der Waals surface area contributed by atoms with Gasteiger partial charge >= 0.3 is 0 Å². The average molecular weight is 451 g/mol. The van der Waals surface area contributed by atoms with Crippen LogP contribution in [0, 0.1) is 6.92 Å². The predicted molar refractivity (Wildman–Crippen MR) is 126 cm³/mol. The number of β-amino-alcohol motifs (C(OH)–C–C–N with tert-alkyl or cyclic N) is 1. The summed E-state index contributed by atoms with van der Waals surface area (Å²) in [6, 6.07) is 7.83. The molecular weight excluding hydrogens is 416 g/mol. The van der Waals surface area contributed by atoms with Crippen molar-refractivity contribution in [2.45, 2.75) is 76.9 Å². The average Bonchev–Trinajstić information content (AvgIpc) is 3.43. The van der Waals surface area contributed by atoms with E-state index in [1.54, 1.807) is 9.80 Å². The van der Waals surface area contributed by atoms with Gasteiger partial charge in [-0.05, 0) is 71.4 Å². The third-order valence-corrected chi connectivity index (χ3v) is 7.74. The van der Waals surface area contributed by atoms with Crippen molar-refractivity contribution in [2.75, 3.05) is 24.5 Å². The second-order valence-corrected chi connectivity index (χ2v) is 10.6. The van der Waals surface area contributed by atoms with Crippen molar-refractivity contribution in [1.82, 2.24) is 14.5 Å². The number of amides is 2. The first-order valence-corrected chi connectivity index (χ1v) is 12.1. The van der Waals surface area contributed by atoms with E-state index in [-0.39, 0.29) is 24.4 Å². The van der Waals surface area contributed by atoms with E-state index in [1.165, 1.54) is 31.2 Å². The fourth-order valence-electron chi connectivity index (χ4n) is 5.99. The Balaban J connectivity index is 1.33. The number of carbonyl (C=O) groups is 2. The zero-order chi connectivity index (χ0) is 23.5. The summed E-state index contributed by atoms with van der Waals surface area (Å²) in [7, 11) is 0. The highest BCUT2D eigenvalue weighted by molar-refractivity contribution is 6.08. The molecule has 1 aromatic carbocycles. The minimum Gasteiger partial charge on any atom is -0.378 e. The van der Waals surface area contributed by atoms with Crippen LogP contribution in [0.4, 0.5) is 5.69 Å². The Morgan fingerprint density at radius 3 is 2.76 bits per heavy atom. The molecule has 2 aromatic rings. The summed E-state index contributed by atoms with van der Waals surface area (Å²) < 4.78 is 2.33. The van der Waals surface area contributed by atoms with E-state index in [9.17, 15) is 14.7 Å². The molecular formula is C26H34N4O3. The molecule has 2 amide bonds. The van der Waals surface area contributed by atoms with Crippen LogP contribution in [-0.2, 0) is 27.8 Å². The monoisotopic (exact) mass is 450 g/mol. The van der Waals surface area contributed by atoms with Crippen LogP contribution in [0.15, 0.2) is 24.3 Å². The number of anilines is 1.